The van der Waals surface area contributed by atoms with Gasteiger partial charge in [-0.05, 0) is 35.7 Å². The molecule has 3 aromatic rings. The molecule has 25 heavy (non-hydrogen) atoms. The summed E-state index contributed by atoms with van der Waals surface area (Å²) in [6.45, 7) is 1.11. The summed E-state index contributed by atoms with van der Waals surface area (Å²) in [5.74, 6) is 0. The summed E-state index contributed by atoms with van der Waals surface area (Å²) in [6.07, 6.45) is 0.823. The summed E-state index contributed by atoms with van der Waals surface area (Å²) in [5, 5.41) is 0.676. The Balaban J connectivity index is 2.02. The van der Waals surface area contributed by atoms with E-state index >= 15 is 0 Å². The van der Waals surface area contributed by atoms with E-state index in [1.54, 1.807) is 7.11 Å². The Kier molecular flexibility index (Phi) is 4.20. The molecule has 0 saturated heterocycles. The van der Waals surface area contributed by atoms with E-state index in [0.717, 1.165) is 28.8 Å². The van der Waals surface area contributed by atoms with Gasteiger partial charge in [0.15, 0.2) is 0 Å². The lowest BCUT2D eigenvalue weighted by Gasteiger charge is -2.25. The fourth-order valence-electron chi connectivity index (χ4n) is 3.57. The smallest absolute Gasteiger partial charge is 0.258 e. The molecule has 0 unspecified atom stereocenters. The van der Waals surface area contributed by atoms with E-state index in [1.807, 2.05) is 59.2 Å². The number of pyridine rings is 1. The molecule has 0 amide bonds. The van der Waals surface area contributed by atoms with Gasteiger partial charge in [0.25, 0.3) is 5.56 Å². The van der Waals surface area contributed by atoms with Crippen molar-refractivity contribution in [2.75, 3.05) is 7.11 Å². The number of aryl methyl sites for hydroxylation is 1. The quantitative estimate of drug-likeness (QED) is 0.693. The summed E-state index contributed by atoms with van der Waals surface area (Å²) < 4.78 is 7.29. The summed E-state index contributed by atoms with van der Waals surface area (Å²) in [7, 11) is 1.67. The van der Waals surface area contributed by atoms with Gasteiger partial charge in [0.2, 0.25) is 0 Å². The third-order valence-electron chi connectivity index (χ3n) is 4.68. The van der Waals surface area contributed by atoms with Gasteiger partial charge >= 0.3 is 0 Å². The van der Waals surface area contributed by atoms with Crippen LogP contribution in [0.15, 0.2) is 59.4 Å². The van der Waals surface area contributed by atoms with Crippen LogP contribution in [0.5, 0.6) is 0 Å². The molecule has 0 atom stereocenters. The summed E-state index contributed by atoms with van der Waals surface area (Å²) in [5.41, 5.74) is 5.85. The second-order valence-corrected chi connectivity index (χ2v) is 6.68. The molecule has 0 fully saturated rings. The molecule has 2 aromatic carbocycles. The van der Waals surface area contributed by atoms with Crippen LogP contribution in [-0.4, -0.2) is 11.7 Å². The maximum absolute atomic E-state index is 13.2. The van der Waals surface area contributed by atoms with Crippen molar-refractivity contribution >= 4 is 11.6 Å². The second-order valence-electron chi connectivity index (χ2n) is 6.24. The van der Waals surface area contributed by atoms with Crippen LogP contribution < -0.4 is 5.56 Å². The first-order valence-electron chi connectivity index (χ1n) is 8.29. The molecule has 4 heteroatoms. The third kappa shape index (κ3) is 2.80. The van der Waals surface area contributed by atoms with Crippen molar-refractivity contribution in [1.82, 2.24) is 4.57 Å². The molecular weight excluding hydrogens is 334 g/mol. The second kappa shape index (κ2) is 6.51. The van der Waals surface area contributed by atoms with Crippen LogP contribution in [0.4, 0.5) is 0 Å². The normalized spacial score (nSPS) is 12.6. The highest BCUT2D eigenvalue weighted by molar-refractivity contribution is 6.30. The van der Waals surface area contributed by atoms with Crippen molar-refractivity contribution in [2.24, 2.45) is 0 Å². The highest BCUT2D eigenvalue weighted by atomic mass is 35.5. The van der Waals surface area contributed by atoms with Gasteiger partial charge in [-0.2, -0.15) is 0 Å². The molecule has 0 bridgehead atoms. The topological polar surface area (TPSA) is 31.2 Å². The average Bonchev–Trinajstić information content (AvgIpc) is 2.64. The number of hydrogen-bond acceptors (Lipinski definition) is 2. The molecule has 126 valence electrons. The van der Waals surface area contributed by atoms with Crippen molar-refractivity contribution in [3.05, 3.63) is 81.1 Å². The number of aromatic nitrogens is 1. The van der Waals surface area contributed by atoms with Gasteiger partial charge < -0.3 is 9.30 Å². The summed E-state index contributed by atoms with van der Waals surface area (Å²) >= 11 is 6.22. The third-order valence-corrected chi connectivity index (χ3v) is 4.92. The molecule has 1 aliphatic heterocycles. The lowest BCUT2D eigenvalue weighted by molar-refractivity contribution is 0.184. The molecular formula is C21H18ClNO2. The van der Waals surface area contributed by atoms with Crippen molar-refractivity contribution in [2.45, 2.75) is 19.6 Å². The van der Waals surface area contributed by atoms with Crippen LogP contribution in [0.25, 0.3) is 22.4 Å². The molecule has 0 aliphatic carbocycles. The zero-order valence-corrected chi connectivity index (χ0v) is 14.7. The molecule has 0 spiro atoms. The minimum Gasteiger partial charge on any atom is -0.380 e. The Morgan fingerprint density at radius 2 is 1.88 bits per heavy atom. The van der Waals surface area contributed by atoms with Gasteiger partial charge in [-0.1, -0.05) is 48.0 Å². The molecule has 0 radical (unpaired) electrons. The van der Waals surface area contributed by atoms with Gasteiger partial charge in [-0.3, -0.25) is 4.79 Å². The summed E-state index contributed by atoms with van der Waals surface area (Å²) in [6, 6.07) is 17.6. The van der Waals surface area contributed by atoms with Gasteiger partial charge in [0.05, 0.1) is 12.3 Å². The van der Waals surface area contributed by atoms with Gasteiger partial charge in [0, 0.05) is 35.4 Å². The molecule has 0 N–H and O–H groups in total. The zero-order chi connectivity index (χ0) is 17.4. The Morgan fingerprint density at radius 1 is 1.08 bits per heavy atom. The SMILES string of the molecule is COCc1cc(-c2ccccc2)c(=O)n2c1-c1cc(Cl)ccc1CC2. The van der Waals surface area contributed by atoms with Gasteiger partial charge in [-0.15, -0.1) is 0 Å². The van der Waals surface area contributed by atoms with Crippen LogP contribution in [-0.2, 0) is 24.3 Å². The maximum Gasteiger partial charge on any atom is 0.258 e. The number of benzene rings is 2. The molecule has 4 rings (SSSR count). The predicted molar refractivity (Wildman–Crippen MR) is 101 cm³/mol. The van der Waals surface area contributed by atoms with E-state index in [-0.39, 0.29) is 5.56 Å². The Bertz CT molecular complexity index is 993. The lowest BCUT2D eigenvalue weighted by atomic mass is 9.92. The number of ether oxygens (including phenoxy) is 1. The molecule has 3 nitrogen and oxygen atoms in total. The highest BCUT2D eigenvalue weighted by Gasteiger charge is 2.23. The minimum atomic E-state index is 0.0340. The predicted octanol–water partition coefficient (Wildman–Crippen LogP) is 4.54. The fraction of sp³-hybridized carbons (Fsp3) is 0.190. The standard InChI is InChI=1S/C21H18ClNO2/c1-25-13-16-11-19(14-5-3-2-4-6-14)21(24)23-10-9-15-7-8-17(22)12-18(15)20(16)23/h2-8,11-12H,9-10,13H2,1H3. The van der Waals surface area contributed by atoms with Crippen LogP contribution >= 0.6 is 11.6 Å². The van der Waals surface area contributed by atoms with Gasteiger partial charge in [-0.25, -0.2) is 0 Å². The Labute approximate surface area is 151 Å². The largest absolute Gasteiger partial charge is 0.380 e. The molecule has 1 aliphatic rings. The van der Waals surface area contributed by atoms with Crippen LogP contribution in [0.2, 0.25) is 5.02 Å². The number of methoxy groups -OCH3 is 1. The number of rotatable bonds is 3. The van der Waals surface area contributed by atoms with Crippen molar-refractivity contribution in [3.63, 3.8) is 0 Å². The number of hydrogen-bond donors (Lipinski definition) is 0. The van der Waals surface area contributed by atoms with Crippen molar-refractivity contribution in [3.8, 4) is 22.4 Å². The van der Waals surface area contributed by atoms with Crippen molar-refractivity contribution < 1.29 is 4.74 Å². The Hall–Kier alpha value is -2.36. The molecule has 2 heterocycles. The van der Waals surface area contributed by atoms with Gasteiger partial charge in [0.1, 0.15) is 0 Å². The number of nitrogens with zero attached hydrogens (tertiary/aromatic N) is 1. The van der Waals surface area contributed by atoms with E-state index in [9.17, 15) is 4.79 Å². The van der Waals surface area contributed by atoms with E-state index in [1.165, 1.54) is 5.56 Å². The first kappa shape index (κ1) is 16.1. The van der Waals surface area contributed by atoms with Crippen LogP contribution in [0.3, 0.4) is 0 Å². The van der Waals surface area contributed by atoms with E-state index < -0.39 is 0 Å². The highest BCUT2D eigenvalue weighted by Crippen LogP contribution is 2.34. The molecule has 1 aromatic heterocycles. The van der Waals surface area contributed by atoms with E-state index in [4.69, 9.17) is 16.3 Å². The van der Waals surface area contributed by atoms with Crippen LogP contribution in [0, 0.1) is 0 Å². The molecule has 0 saturated carbocycles. The maximum atomic E-state index is 13.2. The number of halogens is 1. The van der Waals surface area contributed by atoms with E-state index in [0.29, 0.717) is 23.7 Å². The zero-order valence-electron chi connectivity index (χ0n) is 14.0. The monoisotopic (exact) mass is 351 g/mol. The first-order valence-corrected chi connectivity index (χ1v) is 8.66. The first-order chi connectivity index (χ1) is 12.2. The minimum absolute atomic E-state index is 0.0340. The average molecular weight is 352 g/mol. The van der Waals surface area contributed by atoms with Crippen molar-refractivity contribution in [1.29, 1.82) is 0 Å². The van der Waals surface area contributed by atoms with Crippen LogP contribution in [0.1, 0.15) is 11.1 Å². The Morgan fingerprint density at radius 3 is 2.64 bits per heavy atom. The number of fused-ring (bicyclic) bond motifs is 3. The van der Waals surface area contributed by atoms with E-state index in [2.05, 4.69) is 0 Å². The lowest BCUT2D eigenvalue weighted by Crippen LogP contribution is -2.28. The fourth-order valence-corrected chi connectivity index (χ4v) is 3.74. The summed E-state index contributed by atoms with van der Waals surface area (Å²) in [4.78, 5) is 13.2.